The van der Waals surface area contributed by atoms with E-state index in [-0.39, 0.29) is 0 Å². The lowest BCUT2D eigenvalue weighted by atomic mass is 9.92. The third-order valence-corrected chi connectivity index (χ3v) is 4.48. The Morgan fingerprint density at radius 3 is 2.84 bits per heavy atom. The molecule has 1 aliphatic carbocycles. The van der Waals surface area contributed by atoms with Crippen LogP contribution in [0, 0.1) is 5.92 Å². The van der Waals surface area contributed by atoms with Crippen molar-refractivity contribution in [1.29, 1.82) is 0 Å². The van der Waals surface area contributed by atoms with Crippen LogP contribution in [0.4, 0.5) is 0 Å². The minimum atomic E-state index is 0.523. The molecule has 3 nitrogen and oxygen atoms in total. The van der Waals surface area contributed by atoms with Crippen molar-refractivity contribution in [3.05, 3.63) is 35.4 Å². The number of benzene rings is 1. The monoisotopic (exact) mass is 260 g/mol. The van der Waals surface area contributed by atoms with Gasteiger partial charge in [-0.1, -0.05) is 24.3 Å². The fraction of sp³-hybridized carbons (Fsp3) is 0.625. The highest BCUT2D eigenvalue weighted by Crippen LogP contribution is 2.43. The van der Waals surface area contributed by atoms with Crippen molar-refractivity contribution >= 4 is 0 Å². The largest absolute Gasteiger partial charge is 0.380 e. The predicted molar refractivity (Wildman–Crippen MR) is 76.8 cm³/mol. The lowest BCUT2D eigenvalue weighted by Crippen LogP contribution is -2.30. The summed E-state index contributed by atoms with van der Waals surface area (Å²) in [5, 5.41) is 0. The number of methoxy groups -OCH3 is 1. The van der Waals surface area contributed by atoms with Crippen molar-refractivity contribution in [2.45, 2.75) is 38.0 Å². The molecule has 2 atom stereocenters. The number of rotatable bonds is 5. The molecular weight excluding hydrogens is 236 g/mol. The van der Waals surface area contributed by atoms with Crippen LogP contribution in [0.1, 0.15) is 36.4 Å². The first kappa shape index (κ1) is 13.1. The minimum absolute atomic E-state index is 0.523. The molecule has 0 aromatic heterocycles. The van der Waals surface area contributed by atoms with Crippen LogP contribution in [0.25, 0.3) is 0 Å². The van der Waals surface area contributed by atoms with E-state index < -0.39 is 0 Å². The van der Waals surface area contributed by atoms with Gasteiger partial charge in [-0.05, 0) is 49.4 Å². The van der Waals surface area contributed by atoms with E-state index in [4.69, 9.17) is 10.5 Å². The van der Waals surface area contributed by atoms with Crippen LogP contribution < -0.4 is 5.73 Å². The van der Waals surface area contributed by atoms with Gasteiger partial charge in [0, 0.05) is 19.2 Å². The van der Waals surface area contributed by atoms with Gasteiger partial charge in [0.2, 0.25) is 0 Å². The summed E-state index contributed by atoms with van der Waals surface area (Å²) in [4.78, 5) is 2.68. The molecule has 104 valence electrons. The Morgan fingerprint density at radius 2 is 2.16 bits per heavy atom. The Morgan fingerprint density at radius 1 is 1.32 bits per heavy atom. The Labute approximate surface area is 115 Å². The predicted octanol–water partition coefficient (Wildman–Crippen LogP) is 2.32. The molecule has 3 rings (SSSR count). The average molecular weight is 260 g/mol. The molecule has 0 bridgehead atoms. The molecule has 2 N–H and O–H groups in total. The summed E-state index contributed by atoms with van der Waals surface area (Å²) in [5.74, 6) is 0.610. The highest BCUT2D eigenvalue weighted by molar-refractivity contribution is 5.28. The zero-order chi connectivity index (χ0) is 13.2. The van der Waals surface area contributed by atoms with Crippen molar-refractivity contribution in [3.63, 3.8) is 0 Å². The highest BCUT2D eigenvalue weighted by Gasteiger charge is 2.41. The van der Waals surface area contributed by atoms with Gasteiger partial charge in [-0.2, -0.15) is 0 Å². The van der Waals surface area contributed by atoms with Gasteiger partial charge in [0.1, 0.15) is 0 Å². The van der Waals surface area contributed by atoms with E-state index in [0.717, 1.165) is 12.6 Å². The first-order valence-corrected chi connectivity index (χ1v) is 7.37. The normalized spacial score (nSPS) is 27.9. The summed E-state index contributed by atoms with van der Waals surface area (Å²) >= 11 is 0. The van der Waals surface area contributed by atoms with Gasteiger partial charge >= 0.3 is 0 Å². The zero-order valence-electron chi connectivity index (χ0n) is 11.7. The number of nitrogens with two attached hydrogens (primary N) is 1. The lowest BCUT2D eigenvalue weighted by Gasteiger charge is -2.28. The second kappa shape index (κ2) is 5.61. The molecule has 1 aromatic carbocycles. The van der Waals surface area contributed by atoms with Crippen LogP contribution in [-0.4, -0.2) is 31.1 Å². The van der Waals surface area contributed by atoms with Crippen LogP contribution in [0.5, 0.6) is 0 Å². The van der Waals surface area contributed by atoms with Crippen molar-refractivity contribution in [1.82, 2.24) is 4.90 Å². The van der Waals surface area contributed by atoms with Crippen molar-refractivity contribution < 1.29 is 4.74 Å². The molecule has 1 aliphatic heterocycles. The SMILES string of the molecule is COCc1cccc(C2C(CN)CCN2C2CC2)c1. The number of nitrogens with zero attached hydrogens (tertiary/aromatic N) is 1. The topological polar surface area (TPSA) is 38.5 Å². The second-order valence-corrected chi connectivity index (χ2v) is 5.88. The van der Waals surface area contributed by atoms with Gasteiger partial charge in [0.25, 0.3) is 0 Å². The van der Waals surface area contributed by atoms with E-state index in [1.54, 1.807) is 7.11 Å². The maximum absolute atomic E-state index is 5.99. The molecule has 1 saturated carbocycles. The van der Waals surface area contributed by atoms with Crippen LogP contribution in [0.2, 0.25) is 0 Å². The van der Waals surface area contributed by atoms with Crippen molar-refractivity contribution in [3.8, 4) is 0 Å². The van der Waals surface area contributed by atoms with E-state index in [2.05, 4.69) is 29.2 Å². The standard InChI is InChI=1S/C16H24N2O/c1-19-11-12-3-2-4-13(9-12)16-14(10-17)7-8-18(16)15-5-6-15/h2-4,9,14-16H,5-8,10-11,17H2,1H3. The molecule has 1 saturated heterocycles. The average Bonchev–Trinajstić information content (AvgIpc) is 3.18. The molecule has 0 amide bonds. The molecule has 2 aliphatic rings. The number of hydrogen-bond acceptors (Lipinski definition) is 3. The van der Waals surface area contributed by atoms with Crippen LogP contribution >= 0.6 is 0 Å². The fourth-order valence-corrected chi connectivity index (χ4v) is 3.44. The highest BCUT2D eigenvalue weighted by atomic mass is 16.5. The molecule has 2 unspecified atom stereocenters. The Bertz CT molecular complexity index is 431. The Balaban J connectivity index is 1.85. The summed E-state index contributed by atoms with van der Waals surface area (Å²) in [6, 6.07) is 10.2. The number of ether oxygens (including phenoxy) is 1. The minimum Gasteiger partial charge on any atom is -0.380 e. The Kier molecular flexibility index (Phi) is 3.87. The molecule has 0 spiro atoms. The van der Waals surface area contributed by atoms with E-state index in [9.17, 15) is 0 Å². The molecule has 1 aromatic rings. The van der Waals surface area contributed by atoms with E-state index in [1.807, 2.05) is 0 Å². The first-order valence-electron chi connectivity index (χ1n) is 7.37. The maximum atomic E-state index is 5.99. The molecule has 0 radical (unpaired) electrons. The third-order valence-electron chi connectivity index (χ3n) is 4.48. The Hall–Kier alpha value is -0.900. The smallest absolute Gasteiger partial charge is 0.0713 e. The van der Waals surface area contributed by atoms with Gasteiger partial charge in [-0.3, -0.25) is 4.90 Å². The number of hydrogen-bond donors (Lipinski definition) is 1. The molecular formula is C16H24N2O. The third kappa shape index (κ3) is 2.69. The maximum Gasteiger partial charge on any atom is 0.0713 e. The lowest BCUT2D eigenvalue weighted by molar-refractivity contribution is 0.184. The van der Waals surface area contributed by atoms with Crippen LogP contribution in [0.15, 0.2) is 24.3 Å². The van der Waals surface area contributed by atoms with Crippen LogP contribution in [0.3, 0.4) is 0 Å². The van der Waals surface area contributed by atoms with Crippen LogP contribution in [-0.2, 0) is 11.3 Å². The molecule has 2 fully saturated rings. The molecule has 1 heterocycles. The van der Waals surface area contributed by atoms with E-state index in [1.165, 1.54) is 36.9 Å². The van der Waals surface area contributed by atoms with Gasteiger partial charge in [0.15, 0.2) is 0 Å². The fourth-order valence-electron chi connectivity index (χ4n) is 3.44. The molecule has 3 heteroatoms. The van der Waals surface area contributed by atoms with E-state index in [0.29, 0.717) is 18.6 Å². The molecule has 19 heavy (non-hydrogen) atoms. The van der Waals surface area contributed by atoms with Gasteiger partial charge in [-0.15, -0.1) is 0 Å². The summed E-state index contributed by atoms with van der Waals surface area (Å²) in [7, 11) is 1.75. The van der Waals surface area contributed by atoms with Crippen molar-refractivity contribution in [2.75, 3.05) is 20.2 Å². The van der Waals surface area contributed by atoms with Gasteiger partial charge in [-0.25, -0.2) is 0 Å². The summed E-state index contributed by atoms with van der Waals surface area (Å²) in [6.45, 7) is 2.70. The first-order chi connectivity index (χ1) is 9.33. The number of likely N-dealkylation sites (tertiary alicyclic amines) is 1. The quantitative estimate of drug-likeness (QED) is 0.883. The summed E-state index contributed by atoms with van der Waals surface area (Å²) in [6.07, 6.45) is 3.98. The summed E-state index contributed by atoms with van der Waals surface area (Å²) < 4.78 is 5.25. The summed E-state index contributed by atoms with van der Waals surface area (Å²) in [5.41, 5.74) is 8.68. The van der Waals surface area contributed by atoms with Gasteiger partial charge in [0.05, 0.1) is 6.61 Å². The van der Waals surface area contributed by atoms with Gasteiger partial charge < -0.3 is 10.5 Å². The van der Waals surface area contributed by atoms with Crippen molar-refractivity contribution in [2.24, 2.45) is 11.7 Å². The zero-order valence-corrected chi connectivity index (χ0v) is 11.7. The van der Waals surface area contributed by atoms with E-state index >= 15 is 0 Å². The second-order valence-electron chi connectivity index (χ2n) is 5.88.